The Morgan fingerprint density at radius 1 is 1.07 bits per heavy atom. The number of carbonyl (C=O) groups excluding carboxylic acids is 1. The van der Waals surface area contributed by atoms with Gasteiger partial charge in [-0.1, -0.05) is 24.3 Å². The van der Waals surface area contributed by atoms with E-state index in [0.29, 0.717) is 42.1 Å². The summed E-state index contributed by atoms with van der Waals surface area (Å²) in [7, 11) is 1.36. The highest BCUT2D eigenvalue weighted by Gasteiger charge is 2.38. The molecule has 1 unspecified atom stereocenters. The molecular weight excluding hydrogens is 521 g/mol. The molecule has 0 amide bonds. The van der Waals surface area contributed by atoms with Crippen molar-refractivity contribution in [3.63, 3.8) is 0 Å². The van der Waals surface area contributed by atoms with Crippen LogP contribution in [0.3, 0.4) is 0 Å². The smallest absolute Gasteiger partial charge is 0.417 e. The van der Waals surface area contributed by atoms with E-state index in [-0.39, 0.29) is 23.9 Å². The largest absolute Gasteiger partial charge is 0.492 e. The Morgan fingerprint density at radius 3 is 2.55 bits per heavy atom. The molecule has 2 aliphatic rings. The number of halogens is 3. The van der Waals surface area contributed by atoms with E-state index >= 15 is 0 Å². The number of ether oxygens (including phenoxy) is 3. The van der Waals surface area contributed by atoms with E-state index in [2.05, 4.69) is 5.10 Å². The van der Waals surface area contributed by atoms with Crippen molar-refractivity contribution in [1.82, 2.24) is 9.78 Å². The zero-order valence-corrected chi connectivity index (χ0v) is 22.0. The van der Waals surface area contributed by atoms with E-state index in [4.69, 9.17) is 14.2 Å². The molecule has 2 heterocycles. The topological polar surface area (TPSA) is 62.6 Å². The maximum Gasteiger partial charge on any atom is 0.417 e. The number of benzene rings is 3. The van der Waals surface area contributed by atoms with Crippen LogP contribution >= 0.6 is 0 Å². The van der Waals surface area contributed by atoms with Gasteiger partial charge in [0.05, 0.1) is 31.4 Å². The van der Waals surface area contributed by atoms with Gasteiger partial charge in [0, 0.05) is 29.4 Å². The highest BCUT2D eigenvalue weighted by atomic mass is 19.4. The normalized spacial score (nSPS) is 17.7. The van der Waals surface area contributed by atoms with Crippen LogP contribution in [0.4, 0.5) is 13.2 Å². The van der Waals surface area contributed by atoms with E-state index < -0.39 is 17.8 Å². The number of methoxy groups -OCH3 is 1. The first-order valence-corrected chi connectivity index (χ1v) is 13.1. The molecule has 6 rings (SSSR count). The second-order valence-corrected chi connectivity index (χ2v) is 10.1. The number of carbonyl (C=O) groups is 1. The van der Waals surface area contributed by atoms with Gasteiger partial charge in [0.1, 0.15) is 17.6 Å². The Labute approximate surface area is 229 Å². The zero-order valence-electron chi connectivity index (χ0n) is 22.0. The lowest BCUT2D eigenvalue weighted by Gasteiger charge is -2.20. The van der Waals surface area contributed by atoms with Crippen molar-refractivity contribution in [3.05, 3.63) is 94.8 Å². The standard InChI is InChI=1S/C31H27F3N2O4/c1-18-13-14-35-36(18)21-5-3-19(4-6-21)30-25-10-12-27(24(25)9-11-26(30)31(32,33)34)40-22-7-8-23-20(15-29(37)38-2)17-39-28(23)16-22/h3-9,11,13-14,16,20,27H,10,12,15,17H2,1-2H3/t20?,27-/m1/s1. The third-order valence-electron chi connectivity index (χ3n) is 7.67. The lowest BCUT2D eigenvalue weighted by Crippen LogP contribution is -2.10. The molecule has 0 fully saturated rings. The van der Waals surface area contributed by atoms with E-state index in [9.17, 15) is 18.0 Å². The Balaban J connectivity index is 1.30. The maximum absolute atomic E-state index is 14.2. The SMILES string of the molecule is COC(=O)CC1COc2cc(O[C@@H]3CCc4c3ccc(C(F)(F)F)c4-c3ccc(-n4nccc4C)cc3)ccc21. The van der Waals surface area contributed by atoms with Gasteiger partial charge in [0.25, 0.3) is 0 Å². The molecule has 4 aromatic rings. The first-order chi connectivity index (χ1) is 19.2. The summed E-state index contributed by atoms with van der Waals surface area (Å²) in [5.74, 6) is 0.820. The number of rotatable bonds is 6. The number of hydrogen-bond donors (Lipinski definition) is 0. The predicted octanol–water partition coefficient (Wildman–Crippen LogP) is 6.97. The Kier molecular flexibility index (Phi) is 6.52. The molecular formula is C31H27F3N2O4. The third-order valence-corrected chi connectivity index (χ3v) is 7.67. The molecule has 0 bridgehead atoms. The Morgan fingerprint density at radius 2 is 1.85 bits per heavy atom. The van der Waals surface area contributed by atoms with E-state index in [1.165, 1.54) is 13.2 Å². The molecule has 0 N–H and O–H groups in total. The number of alkyl halides is 3. The van der Waals surface area contributed by atoms with Crippen molar-refractivity contribution in [2.75, 3.05) is 13.7 Å². The van der Waals surface area contributed by atoms with Crippen LogP contribution in [0.5, 0.6) is 11.5 Å². The van der Waals surface area contributed by atoms with Crippen LogP contribution in [0.2, 0.25) is 0 Å². The summed E-state index contributed by atoms with van der Waals surface area (Å²) in [5, 5.41) is 4.29. The van der Waals surface area contributed by atoms with Gasteiger partial charge in [-0.25, -0.2) is 4.68 Å². The third kappa shape index (κ3) is 4.69. The van der Waals surface area contributed by atoms with Crippen molar-refractivity contribution >= 4 is 5.97 Å². The van der Waals surface area contributed by atoms with Crippen molar-refractivity contribution in [3.8, 4) is 28.3 Å². The fourth-order valence-corrected chi connectivity index (χ4v) is 5.71. The van der Waals surface area contributed by atoms with Gasteiger partial charge in [-0.2, -0.15) is 18.3 Å². The molecule has 3 aromatic carbocycles. The fraction of sp³-hybridized carbons (Fsp3) is 0.290. The summed E-state index contributed by atoms with van der Waals surface area (Å²) < 4.78 is 61.1. The summed E-state index contributed by atoms with van der Waals surface area (Å²) in [5.41, 5.74) is 4.07. The summed E-state index contributed by atoms with van der Waals surface area (Å²) in [6.07, 6.45) is -1.97. The first-order valence-electron chi connectivity index (χ1n) is 13.1. The number of hydrogen-bond acceptors (Lipinski definition) is 5. The predicted molar refractivity (Wildman–Crippen MR) is 142 cm³/mol. The van der Waals surface area contributed by atoms with Gasteiger partial charge >= 0.3 is 12.1 Å². The monoisotopic (exact) mass is 548 g/mol. The summed E-state index contributed by atoms with van der Waals surface area (Å²) in [4.78, 5) is 11.7. The van der Waals surface area contributed by atoms with Crippen molar-refractivity contribution in [1.29, 1.82) is 0 Å². The second kappa shape index (κ2) is 10.0. The van der Waals surface area contributed by atoms with Gasteiger partial charge < -0.3 is 14.2 Å². The number of aromatic nitrogens is 2. The molecule has 0 radical (unpaired) electrons. The van der Waals surface area contributed by atoms with Crippen LogP contribution in [0, 0.1) is 6.92 Å². The van der Waals surface area contributed by atoms with Gasteiger partial charge in [-0.15, -0.1) is 0 Å². The zero-order chi connectivity index (χ0) is 28.0. The summed E-state index contributed by atoms with van der Waals surface area (Å²) in [6.45, 7) is 2.29. The highest BCUT2D eigenvalue weighted by Crippen LogP contribution is 2.47. The molecule has 1 aromatic heterocycles. The molecule has 2 atom stereocenters. The quantitative estimate of drug-likeness (QED) is 0.244. The van der Waals surface area contributed by atoms with Crippen molar-refractivity contribution < 1.29 is 32.2 Å². The van der Waals surface area contributed by atoms with Crippen LogP contribution in [-0.2, 0) is 22.1 Å². The average molecular weight is 549 g/mol. The van der Waals surface area contributed by atoms with Crippen LogP contribution in [0.1, 0.15) is 52.8 Å². The molecule has 9 heteroatoms. The average Bonchev–Trinajstić information content (AvgIpc) is 3.66. The number of esters is 1. The van der Waals surface area contributed by atoms with E-state index in [0.717, 1.165) is 28.6 Å². The van der Waals surface area contributed by atoms with Gasteiger partial charge in [0.2, 0.25) is 0 Å². The minimum absolute atomic E-state index is 0.0874. The molecule has 0 saturated heterocycles. The lowest BCUT2D eigenvalue weighted by molar-refractivity contribution is -0.141. The molecule has 1 aliphatic carbocycles. The number of aryl methyl sites for hydroxylation is 1. The first kappa shape index (κ1) is 26.0. The molecule has 0 spiro atoms. The number of fused-ring (bicyclic) bond motifs is 2. The molecule has 206 valence electrons. The van der Waals surface area contributed by atoms with Crippen LogP contribution in [0.25, 0.3) is 16.8 Å². The lowest BCUT2D eigenvalue weighted by atomic mass is 9.91. The summed E-state index contributed by atoms with van der Waals surface area (Å²) >= 11 is 0. The van der Waals surface area contributed by atoms with E-state index in [1.54, 1.807) is 41.2 Å². The Hall–Kier alpha value is -4.27. The minimum Gasteiger partial charge on any atom is -0.492 e. The maximum atomic E-state index is 14.2. The van der Waals surface area contributed by atoms with Gasteiger partial charge in [0.15, 0.2) is 0 Å². The molecule has 6 nitrogen and oxygen atoms in total. The Bertz CT molecular complexity index is 1580. The molecule has 0 saturated carbocycles. The summed E-state index contributed by atoms with van der Waals surface area (Å²) in [6, 6.07) is 17.1. The van der Waals surface area contributed by atoms with E-state index in [1.807, 2.05) is 25.1 Å². The van der Waals surface area contributed by atoms with Crippen LogP contribution in [-0.4, -0.2) is 29.5 Å². The fourth-order valence-electron chi connectivity index (χ4n) is 5.71. The minimum atomic E-state index is -4.50. The van der Waals surface area contributed by atoms with Gasteiger partial charge in [-0.05, 0) is 72.4 Å². The van der Waals surface area contributed by atoms with Gasteiger partial charge in [-0.3, -0.25) is 4.79 Å². The van der Waals surface area contributed by atoms with Crippen LogP contribution in [0.15, 0.2) is 66.9 Å². The van der Waals surface area contributed by atoms with Crippen molar-refractivity contribution in [2.45, 2.75) is 44.4 Å². The molecule has 40 heavy (non-hydrogen) atoms. The number of nitrogens with zero attached hydrogens (tertiary/aromatic N) is 2. The second-order valence-electron chi connectivity index (χ2n) is 10.1. The van der Waals surface area contributed by atoms with Crippen molar-refractivity contribution in [2.24, 2.45) is 0 Å². The van der Waals surface area contributed by atoms with Crippen LogP contribution < -0.4 is 9.47 Å². The highest BCUT2D eigenvalue weighted by molar-refractivity contribution is 5.75. The molecule has 1 aliphatic heterocycles.